The van der Waals surface area contributed by atoms with Crippen LogP contribution in [0, 0.1) is 11.6 Å². The first-order valence-corrected chi connectivity index (χ1v) is 6.00. The summed E-state index contributed by atoms with van der Waals surface area (Å²) >= 11 is 0. The maximum Gasteiger partial charge on any atom is 0.182 e. The summed E-state index contributed by atoms with van der Waals surface area (Å²) in [4.78, 5) is 1.81. The predicted molar refractivity (Wildman–Crippen MR) is 66.5 cm³/mol. The van der Waals surface area contributed by atoms with Gasteiger partial charge < -0.3 is 15.4 Å². The zero-order chi connectivity index (χ0) is 13.3. The highest BCUT2D eigenvalue weighted by molar-refractivity contribution is 5.50. The topological polar surface area (TPSA) is 38.5 Å². The van der Waals surface area contributed by atoms with E-state index in [2.05, 4.69) is 0 Å². The molecule has 3 nitrogen and oxygen atoms in total. The molecule has 1 saturated heterocycles. The average molecular weight is 256 g/mol. The number of anilines is 1. The maximum absolute atomic E-state index is 14.0. The lowest BCUT2D eigenvalue weighted by Crippen LogP contribution is -2.48. The molecule has 100 valence electrons. The summed E-state index contributed by atoms with van der Waals surface area (Å²) in [7, 11) is 0. The van der Waals surface area contributed by atoms with Crippen molar-refractivity contribution in [2.45, 2.75) is 26.0 Å². The molecule has 0 unspecified atom stereocenters. The molecule has 1 aromatic rings. The van der Waals surface area contributed by atoms with Gasteiger partial charge in [-0.1, -0.05) is 6.07 Å². The molecule has 0 radical (unpaired) electrons. The molecule has 0 aliphatic carbocycles. The van der Waals surface area contributed by atoms with Crippen molar-refractivity contribution in [1.29, 1.82) is 0 Å². The maximum atomic E-state index is 14.0. The van der Waals surface area contributed by atoms with Gasteiger partial charge in [0.2, 0.25) is 0 Å². The van der Waals surface area contributed by atoms with E-state index in [9.17, 15) is 8.78 Å². The number of nitrogens with two attached hydrogens (primary N) is 1. The smallest absolute Gasteiger partial charge is 0.182 e. The normalized spacial score (nSPS) is 19.1. The Bertz CT molecular complexity index is 449. The van der Waals surface area contributed by atoms with E-state index in [-0.39, 0.29) is 23.4 Å². The molecule has 2 rings (SSSR count). The van der Waals surface area contributed by atoms with Crippen LogP contribution in [0.25, 0.3) is 0 Å². The van der Waals surface area contributed by atoms with Crippen molar-refractivity contribution in [3.63, 3.8) is 0 Å². The highest BCUT2D eigenvalue weighted by Crippen LogP contribution is 2.28. The van der Waals surface area contributed by atoms with E-state index in [0.29, 0.717) is 19.7 Å². The van der Waals surface area contributed by atoms with Crippen molar-refractivity contribution < 1.29 is 13.5 Å². The van der Waals surface area contributed by atoms with Crippen molar-refractivity contribution in [1.82, 2.24) is 0 Å². The monoisotopic (exact) mass is 256 g/mol. The number of halogens is 2. The van der Waals surface area contributed by atoms with Crippen molar-refractivity contribution in [3.8, 4) is 0 Å². The highest BCUT2D eigenvalue weighted by atomic mass is 19.2. The molecule has 0 atom stereocenters. The van der Waals surface area contributed by atoms with Crippen LogP contribution in [0.1, 0.15) is 19.4 Å². The third kappa shape index (κ3) is 2.47. The van der Waals surface area contributed by atoms with Gasteiger partial charge in [-0.05, 0) is 19.9 Å². The van der Waals surface area contributed by atoms with E-state index in [4.69, 9.17) is 10.5 Å². The lowest BCUT2D eigenvalue weighted by atomic mass is 10.1. The van der Waals surface area contributed by atoms with E-state index in [1.807, 2.05) is 18.7 Å². The molecule has 1 aromatic carbocycles. The van der Waals surface area contributed by atoms with Crippen LogP contribution < -0.4 is 10.6 Å². The van der Waals surface area contributed by atoms with Gasteiger partial charge in [-0.25, -0.2) is 8.78 Å². The van der Waals surface area contributed by atoms with E-state index in [1.165, 1.54) is 6.07 Å². The van der Waals surface area contributed by atoms with Gasteiger partial charge in [0.05, 0.1) is 17.9 Å². The molecule has 0 bridgehead atoms. The molecule has 2 N–H and O–H groups in total. The fourth-order valence-electron chi connectivity index (χ4n) is 2.20. The summed E-state index contributed by atoms with van der Waals surface area (Å²) in [6, 6.07) is 3.12. The quantitative estimate of drug-likeness (QED) is 0.880. The van der Waals surface area contributed by atoms with Crippen LogP contribution in [0.15, 0.2) is 12.1 Å². The zero-order valence-corrected chi connectivity index (χ0v) is 10.7. The van der Waals surface area contributed by atoms with Crippen LogP contribution >= 0.6 is 0 Å². The van der Waals surface area contributed by atoms with Gasteiger partial charge in [-0.2, -0.15) is 0 Å². The van der Waals surface area contributed by atoms with Crippen LogP contribution in [-0.4, -0.2) is 25.3 Å². The first-order valence-electron chi connectivity index (χ1n) is 6.00. The summed E-state index contributed by atoms with van der Waals surface area (Å²) in [6.45, 7) is 5.46. The Balaban J connectivity index is 2.31. The van der Waals surface area contributed by atoms with Crippen molar-refractivity contribution >= 4 is 5.69 Å². The van der Waals surface area contributed by atoms with Gasteiger partial charge in [-0.15, -0.1) is 0 Å². The molecule has 1 heterocycles. The molecule has 5 heteroatoms. The molecule has 1 aliphatic rings. The van der Waals surface area contributed by atoms with E-state index < -0.39 is 11.6 Å². The average Bonchev–Trinajstić information content (AvgIpc) is 2.31. The van der Waals surface area contributed by atoms with E-state index in [0.717, 1.165) is 0 Å². The summed E-state index contributed by atoms with van der Waals surface area (Å²) in [5.74, 6) is -1.67. The molecular weight excluding hydrogens is 238 g/mol. The second-order valence-corrected chi connectivity index (χ2v) is 5.11. The summed E-state index contributed by atoms with van der Waals surface area (Å²) in [5, 5.41) is 0. The summed E-state index contributed by atoms with van der Waals surface area (Å²) in [6.07, 6.45) is 0. The Morgan fingerprint density at radius 3 is 2.67 bits per heavy atom. The lowest BCUT2D eigenvalue weighted by Gasteiger charge is -2.39. The minimum absolute atomic E-state index is 0.00234. The Morgan fingerprint density at radius 1 is 1.33 bits per heavy atom. The first kappa shape index (κ1) is 13.2. The highest BCUT2D eigenvalue weighted by Gasteiger charge is 2.29. The minimum atomic E-state index is -0.848. The Labute approximate surface area is 106 Å². The number of nitrogens with zero attached hydrogens (tertiary/aromatic N) is 1. The predicted octanol–water partition coefficient (Wildman–Crippen LogP) is 2.04. The third-order valence-electron chi connectivity index (χ3n) is 3.13. The van der Waals surface area contributed by atoms with Crippen LogP contribution in [0.4, 0.5) is 14.5 Å². The molecule has 18 heavy (non-hydrogen) atoms. The molecular formula is C13H18F2N2O. The van der Waals surface area contributed by atoms with E-state index in [1.54, 1.807) is 6.07 Å². The van der Waals surface area contributed by atoms with Crippen molar-refractivity contribution in [2.75, 3.05) is 24.6 Å². The molecule has 0 aromatic heterocycles. The Kier molecular flexibility index (Phi) is 3.54. The van der Waals surface area contributed by atoms with Gasteiger partial charge in [0.15, 0.2) is 11.6 Å². The van der Waals surface area contributed by atoms with Gasteiger partial charge in [-0.3, -0.25) is 0 Å². The van der Waals surface area contributed by atoms with E-state index >= 15 is 0 Å². The van der Waals surface area contributed by atoms with Crippen LogP contribution in [0.5, 0.6) is 0 Å². The Hall–Kier alpha value is -1.20. The number of rotatable bonds is 2. The first-order chi connectivity index (χ1) is 8.44. The third-order valence-corrected chi connectivity index (χ3v) is 3.13. The SMILES string of the molecule is CC1(C)CN(c2ccc(CN)c(F)c2F)CCO1. The second-order valence-electron chi connectivity index (χ2n) is 5.11. The summed E-state index contributed by atoms with van der Waals surface area (Å²) in [5.41, 5.74) is 5.47. The largest absolute Gasteiger partial charge is 0.372 e. The fraction of sp³-hybridized carbons (Fsp3) is 0.538. The Morgan fingerprint density at radius 2 is 2.06 bits per heavy atom. The number of hydrogen-bond donors (Lipinski definition) is 1. The van der Waals surface area contributed by atoms with Gasteiger partial charge in [0.1, 0.15) is 0 Å². The van der Waals surface area contributed by atoms with Crippen LogP contribution in [-0.2, 0) is 11.3 Å². The number of hydrogen-bond acceptors (Lipinski definition) is 3. The lowest BCUT2D eigenvalue weighted by molar-refractivity contribution is -0.0278. The number of morpholine rings is 1. The second kappa shape index (κ2) is 4.82. The number of ether oxygens (including phenoxy) is 1. The van der Waals surface area contributed by atoms with Crippen LogP contribution in [0.3, 0.4) is 0 Å². The van der Waals surface area contributed by atoms with Crippen LogP contribution in [0.2, 0.25) is 0 Å². The fourth-order valence-corrected chi connectivity index (χ4v) is 2.20. The molecule has 0 amide bonds. The van der Waals surface area contributed by atoms with Gasteiger partial charge in [0, 0.05) is 25.2 Å². The molecule has 1 aliphatic heterocycles. The van der Waals surface area contributed by atoms with Crippen molar-refractivity contribution in [3.05, 3.63) is 29.3 Å². The van der Waals surface area contributed by atoms with Crippen molar-refractivity contribution in [2.24, 2.45) is 5.73 Å². The summed E-state index contributed by atoms with van der Waals surface area (Å²) < 4.78 is 33.2. The minimum Gasteiger partial charge on any atom is -0.372 e. The molecule has 0 spiro atoms. The standard InChI is InChI=1S/C13H18F2N2O/c1-13(2)8-17(5-6-18-13)10-4-3-9(7-16)11(14)12(10)15/h3-4H,5-8,16H2,1-2H3. The zero-order valence-electron chi connectivity index (χ0n) is 10.7. The molecule has 1 fully saturated rings. The molecule has 0 saturated carbocycles. The number of benzene rings is 1. The van der Waals surface area contributed by atoms with Gasteiger partial charge in [0.25, 0.3) is 0 Å². The van der Waals surface area contributed by atoms with Gasteiger partial charge >= 0.3 is 0 Å².